The fraction of sp³-hybridized carbons (Fsp3) is 0.769. The summed E-state index contributed by atoms with van der Waals surface area (Å²) in [4.78, 5) is 0. The van der Waals surface area contributed by atoms with Crippen molar-refractivity contribution < 1.29 is 0 Å². The van der Waals surface area contributed by atoms with Crippen molar-refractivity contribution >= 4 is 5.82 Å². The highest BCUT2D eigenvalue weighted by molar-refractivity contribution is 5.41. The molecule has 1 N–H and O–H groups in total. The maximum absolute atomic E-state index is 4.76. The molecule has 3 heteroatoms. The molecule has 0 saturated heterocycles. The van der Waals surface area contributed by atoms with Crippen molar-refractivity contribution in [1.29, 1.82) is 0 Å². The highest BCUT2D eigenvalue weighted by Crippen LogP contribution is 2.31. The van der Waals surface area contributed by atoms with E-state index in [1.54, 1.807) is 0 Å². The third kappa shape index (κ3) is 1.95. The second kappa shape index (κ2) is 4.48. The summed E-state index contributed by atoms with van der Waals surface area (Å²) in [5.41, 5.74) is 1.26. The molecule has 2 rings (SSSR count). The van der Waals surface area contributed by atoms with Crippen LogP contribution in [0.2, 0.25) is 0 Å². The average molecular weight is 221 g/mol. The standard InChI is InChI=1S/C13H23N3/c1-5-11(6-2)12-8-13-14-9(3)7-10(4)16(13)15-12/h8-11,14H,5-7H2,1-4H3. The van der Waals surface area contributed by atoms with E-state index in [0.717, 1.165) is 6.42 Å². The van der Waals surface area contributed by atoms with Crippen molar-refractivity contribution in [2.45, 2.75) is 65.0 Å². The lowest BCUT2D eigenvalue weighted by molar-refractivity contribution is 0.408. The minimum absolute atomic E-state index is 0.523. The molecule has 0 amide bonds. The van der Waals surface area contributed by atoms with Gasteiger partial charge in [0.25, 0.3) is 0 Å². The van der Waals surface area contributed by atoms with Crippen LogP contribution < -0.4 is 5.32 Å². The first-order chi connectivity index (χ1) is 7.65. The third-order valence-corrected chi connectivity index (χ3v) is 3.66. The first kappa shape index (κ1) is 11.5. The van der Waals surface area contributed by atoms with Gasteiger partial charge >= 0.3 is 0 Å². The quantitative estimate of drug-likeness (QED) is 0.846. The maximum Gasteiger partial charge on any atom is 0.125 e. The zero-order valence-electron chi connectivity index (χ0n) is 10.8. The van der Waals surface area contributed by atoms with Gasteiger partial charge in [-0.05, 0) is 33.1 Å². The van der Waals surface area contributed by atoms with E-state index in [0.29, 0.717) is 18.0 Å². The number of hydrogen-bond donors (Lipinski definition) is 1. The number of fused-ring (bicyclic) bond motifs is 1. The highest BCUT2D eigenvalue weighted by Gasteiger charge is 2.23. The van der Waals surface area contributed by atoms with Crippen molar-refractivity contribution in [3.63, 3.8) is 0 Å². The van der Waals surface area contributed by atoms with E-state index in [1.165, 1.54) is 24.4 Å². The Hall–Kier alpha value is -0.990. The number of nitrogens with one attached hydrogen (secondary N) is 1. The summed E-state index contributed by atoms with van der Waals surface area (Å²) in [6.07, 6.45) is 3.52. The Morgan fingerprint density at radius 2 is 2.12 bits per heavy atom. The number of aromatic nitrogens is 2. The lowest BCUT2D eigenvalue weighted by Gasteiger charge is -2.27. The second-order valence-corrected chi connectivity index (χ2v) is 5.04. The monoisotopic (exact) mass is 221 g/mol. The summed E-state index contributed by atoms with van der Waals surface area (Å²) in [6.45, 7) is 8.98. The molecule has 2 heterocycles. The smallest absolute Gasteiger partial charge is 0.125 e. The number of nitrogens with zero attached hydrogens (tertiary/aromatic N) is 2. The molecule has 1 aromatic heterocycles. The van der Waals surface area contributed by atoms with Gasteiger partial charge in [0.2, 0.25) is 0 Å². The Morgan fingerprint density at radius 1 is 1.44 bits per heavy atom. The van der Waals surface area contributed by atoms with E-state index in [-0.39, 0.29) is 0 Å². The van der Waals surface area contributed by atoms with Crippen LogP contribution in [0.25, 0.3) is 0 Å². The third-order valence-electron chi connectivity index (χ3n) is 3.66. The minimum Gasteiger partial charge on any atom is -0.368 e. The number of anilines is 1. The molecule has 2 unspecified atom stereocenters. The van der Waals surface area contributed by atoms with Gasteiger partial charge in [0, 0.05) is 18.0 Å². The summed E-state index contributed by atoms with van der Waals surface area (Å²) in [6, 6.07) is 3.33. The molecule has 0 fully saturated rings. The van der Waals surface area contributed by atoms with Crippen LogP contribution in [-0.4, -0.2) is 15.8 Å². The predicted molar refractivity (Wildman–Crippen MR) is 68.0 cm³/mol. The van der Waals surface area contributed by atoms with Crippen LogP contribution in [0, 0.1) is 0 Å². The zero-order chi connectivity index (χ0) is 11.7. The van der Waals surface area contributed by atoms with Gasteiger partial charge in [0.05, 0.1) is 11.7 Å². The van der Waals surface area contributed by atoms with Crippen molar-refractivity contribution in [3.05, 3.63) is 11.8 Å². The molecule has 0 aliphatic carbocycles. The summed E-state index contributed by atoms with van der Waals surface area (Å²) < 4.78 is 2.16. The van der Waals surface area contributed by atoms with Crippen LogP contribution in [0.5, 0.6) is 0 Å². The summed E-state index contributed by atoms with van der Waals surface area (Å²) in [5, 5.41) is 8.28. The molecule has 2 atom stereocenters. The van der Waals surface area contributed by atoms with E-state index in [9.17, 15) is 0 Å². The minimum atomic E-state index is 0.523. The highest BCUT2D eigenvalue weighted by atomic mass is 15.4. The van der Waals surface area contributed by atoms with Crippen molar-refractivity contribution in [1.82, 2.24) is 9.78 Å². The van der Waals surface area contributed by atoms with E-state index in [1.807, 2.05) is 0 Å². The molecule has 0 spiro atoms. The molecule has 0 radical (unpaired) electrons. The molecule has 0 aromatic carbocycles. The Kier molecular flexibility index (Phi) is 3.22. The summed E-state index contributed by atoms with van der Waals surface area (Å²) >= 11 is 0. The van der Waals surface area contributed by atoms with Gasteiger partial charge in [-0.25, -0.2) is 4.68 Å². The first-order valence-corrected chi connectivity index (χ1v) is 6.51. The summed E-state index contributed by atoms with van der Waals surface area (Å²) in [5.74, 6) is 1.82. The van der Waals surface area contributed by atoms with Gasteiger partial charge < -0.3 is 5.32 Å². The normalized spacial score (nSPS) is 24.3. The Balaban J connectivity index is 2.29. The molecule has 1 aliphatic heterocycles. The van der Waals surface area contributed by atoms with E-state index >= 15 is 0 Å². The first-order valence-electron chi connectivity index (χ1n) is 6.51. The van der Waals surface area contributed by atoms with Crippen LogP contribution in [-0.2, 0) is 0 Å². The molecular weight excluding hydrogens is 198 g/mol. The van der Waals surface area contributed by atoms with Crippen molar-refractivity contribution in [2.75, 3.05) is 5.32 Å². The maximum atomic E-state index is 4.76. The van der Waals surface area contributed by atoms with Crippen LogP contribution in [0.15, 0.2) is 6.07 Å². The fourth-order valence-corrected chi connectivity index (χ4v) is 2.69. The predicted octanol–water partition coefficient (Wildman–Crippen LogP) is 3.55. The van der Waals surface area contributed by atoms with Crippen molar-refractivity contribution in [2.24, 2.45) is 0 Å². The molecular formula is C13H23N3. The van der Waals surface area contributed by atoms with Gasteiger partial charge in [-0.2, -0.15) is 5.10 Å². The average Bonchev–Trinajstić information content (AvgIpc) is 2.63. The van der Waals surface area contributed by atoms with Crippen LogP contribution in [0.4, 0.5) is 5.82 Å². The SMILES string of the molecule is CCC(CC)c1cc2n(n1)C(C)CC(C)N2. The molecule has 90 valence electrons. The topological polar surface area (TPSA) is 29.9 Å². The van der Waals surface area contributed by atoms with Gasteiger partial charge in [-0.1, -0.05) is 13.8 Å². The Bertz CT molecular complexity index is 352. The largest absolute Gasteiger partial charge is 0.368 e. The molecule has 3 nitrogen and oxygen atoms in total. The lowest BCUT2D eigenvalue weighted by Crippen LogP contribution is -2.28. The zero-order valence-corrected chi connectivity index (χ0v) is 10.8. The van der Waals surface area contributed by atoms with Crippen molar-refractivity contribution in [3.8, 4) is 0 Å². The Labute approximate surface area is 98.2 Å². The summed E-state index contributed by atoms with van der Waals surface area (Å²) in [7, 11) is 0. The van der Waals surface area contributed by atoms with Crippen LogP contribution in [0.1, 0.15) is 64.6 Å². The Morgan fingerprint density at radius 3 is 2.75 bits per heavy atom. The second-order valence-electron chi connectivity index (χ2n) is 5.04. The van der Waals surface area contributed by atoms with Gasteiger partial charge in [0.15, 0.2) is 0 Å². The van der Waals surface area contributed by atoms with Gasteiger partial charge in [-0.3, -0.25) is 0 Å². The molecule has 1 aromatic rings. The molecule has 0 bridgehead atoms. The van der Waals surface area contributed by atoms with Gasteiger partial charge in [0.1, 0.15) is 5.82 Å². The fourth-order valence-electron chi connectivity index (χ4n) is 2.69. The number of rotatable bonds is 3. The van der Waals surface area contributed by atoms with E-state index in [2.05, 4.69) is 43.8 Å². The van der Waals surface area contributed by atoms with E-state index < -0.39 is 0 Å². The van der Waals surface area contributed by atoms with Crippen LogP contribution in [0.3, 0.4) is 0 Å². The van der Waals surface area contributed by atoms with E-state index in [4.69, 9.17) is 5.10 Å². The van der Waals surface area contributed by atoms with Crippen LogP contribution >= 0.6 is 0 Å². The lowest BCUT2D eigenvalue weighted by atomic mass is 10.00. The molecule has 0 saturated carbocycles. The van der Waals surface area contributed by atoms with Gasteiger partial charge in [-0.15, -0.1) is 0 Å². The molecule has 16 heavy (non-hydrogen) atoms. The molecule has 1 aliphatic rings. The number of hydrogen-bond acceptors (Lipinski definition) is 2.